The Morgan fingerprint density at radius 1 is 1.21 bits per heavy atom. The van der Waals surface area contributed by atoms with Crippen molar-refractivity contribution in [2.45, 2.75) is 19.8 Å². The molecule has 0 saturated carbocycles. The standard InChI is InChI=1S/C22H21ClN8O2/c1-11(2)19-15(9-24)27-17(10-25-19)28-16-8-14(18-21(29-16)30-31(3)22(18)32)26-13-7-5-6-12(23)20(13)33-4/h5-8,10-11H,1-4H3,(H3,26,27,28,29,30). The van der Waals surface area contributed by atoms with Crippen molar-refractivity contribution in [2.24, 2.45) is 7.05 Å². The Hall–Kier alpha value is -4.10. The summed E-state index contributed by atoms with van der Waals surface area (Å²) in [5.41, 5.74) is 2.04. The van der Waals surface area contributed by atoms with Crippen LogP contribution in [0.2, 0.25) is 5.02 Å². The number of aryl methyl sites for hydroxylation is 1. The van der Waals surface area contributed by atoms with Crippen LogP contribution in [0.25, 0.3) is 11.0 Å². The van der Waals surface area contributed by atoms with Crippen LogP contribution in [0.5, 0.6) is 5.75 Å². The molecule has 0 bridgehead atoms. The zero-order valence-electron chi connectivity index (χ0n) is 18.4. The first kappa shape index (κ1) is 22.1. The van der Waals surface area contributed by atoms with Crippen molar-refractivity contribution in [1.82, 2.24) is 24.7 Å². The summed E-state index contributed by atoms with van der Waals surface area (Å²) in [6, 6.07) is 9.02. The maximum atomic E-state index is 12.7. The lowest BCUT2D eigenvalue weighted by Gasteiger charge is -2.14. The lowest BCUT2D eigenvalue weighted by molar-refractivity contribution is 0.417. The zero-order chi connectivity index (χ0) is 23.7. The topological polar surface area (TPSA) is 134 Å². The fourth-order valence-electron chi connectivity index (χ4n) is 3.44. The molecule has 3 aromatic heterocycles. The predicted molar refractivity (Wildman–Crippen MR) is 127 cm³/mol. The molecule has 0 aliphatic heterocycles. The van der Waals surface area contributed by atoms with Crippen molar-refractivity contribution in [3.8, 4) is 11.8 Å². The van der Waals surface area contributed by atoms with E-state index in [1.54, 1.807) is 37.5 Å². The van der Waals surface area contributed by atoms with Crippen molar-refractivity contribution < 1.29 is 4.74 Å². The van der Waals surface area contributed by atoms with Crippen molar-refractivity contribution in [2.75, 3.05) is 17.7 Å². The number of rotatable bonds is 6. The summed E-state index contributed by atoms with van der Waals surface area (Å²) >= 11 is 6.25. The van der Waals surface area contributed by atoms with Gasteiger partial charge < -0.3 is 15.4 Å². The second kappa shape index (κ2) is 8.80. The highest BCUT2D eigenvalue weighted by atomic mass is 35.5. The lowest BCUT2D eigenvalue weighted by Crippen LogP contribution is -2.12. The van der Waals surface area contributed by atoms with Gasteiger partial charge in [0.05, 0.1) is 35.4 Å². The molecule has 3 heterocycles. The van der Waals surface area contributed by atoms with Crippen LogP contribution in [0.15, 0.2) is 35.3 Å². The number of nitrogens with one attached hydrogen (secondary N) is 3. The highest BCUT2D eigenvalue weighted by Crippen LogP contribution is 2.36. The molecule has 0 aliphatic rings. The van der Waals surface area contributed by atoms with Gasteiger partial charge in [-0.2, -0.15) is 5.26 Å². The molecular formula is C22H21ClN8O2. The van der Waals surface area contributed by atoms with Gasteiger partial charge in [0, 0.05) is 13.1 Å². The van der Waals surface area contributed by atoms with E-state index in [0.29, 0.717) is 50.5 Å². The third kappa shape index (κ3) is 4.18. The molecule has 0 spiro atoms. The number of H-pyrrole nitrogens is 1. The predicted octanol–water partition coefficient (Wildman–Crippen LogP) is 4.20. The van der Waals surface area contributed by atoms with E-state index in [0.717, 1.165) is 0 Å². The van der Waals surface area contributed by atoms with E-state index in [1.807, 2.05) is 13.8 Å². The molecule has 0 amide bonds. The highest BCUT2D eigenvalue weighted by Gasteiger charge is 2.17. The summed E-state index contributed by atoms with van der Waals surface area (Å²) in [6.45, 7) is 3.89. The number of pyridine rings is 1. The van der Waals surface area contributed by atoms with Crippen LogP contribution < -0.4 is 20.9 Å². The second-order valence-electron chi connectivity index (χ2n) is 7.58. The zero-order valence-corrected chi connectivity index (χ0v) is 19.2. The summed E-state index contributed by atoms with van der Waals surface area (Å²) in [5.74, 6) is 1.25. The van der Waals surface area contributed by atoms with Crippen LogP contribution in [0, 0.1) is 11.3 Å². The molecule has 11 heteroatoms. The van der Waals surface area contributed by atoms with E-state index in [9.17, 15) is 10.1 Å². The summed E-state index contributed by atoms with van der Waals surface area (Å²) in [5, 5.41) is 19.5. The van der Waals surface area contributed by atoms with Gasteiger partial charge in [0.1, 0.15) is 17.3 Å². The molecule has 0 unspecified atom stereocenters. The van der Waals surface area contributed by atoms with Gasteiger partial charge >= 0.3 is 0 Å². The number of hydrogen-bond acceptors (Lipinski definition) is 8. The third-order valence-electron chi connectivity index (χ3n) is 4.96. The van der Waals surface area contributed by atoms with E-state index in [4.69, 9.17) is 16.3 Å². The molecule has 0 radical (unpaired) electrons. The van der Waals surface area contributed by atoms with E-state index in [-0.39, 0.29) is 17.2 Å². The van der Waals surface area contributed by atoms with Crippen LogP contribution >= 0.6 is 11.6 Å². The fourth-order valence-corrected chi connectivity index (χ4v) is 3.69. The quantitative estimate of drug-likeness (QED) is 0.386. The first-order chi connectivity index (χ1) is 15.8. The van der Waals surface area contributed by atoms with E-state index in [2.05, 4.69) is 36.8 Å². The summed E-state index contributed by atoms with van der Waals surface area (Å²) in [4.78, 5) is 25.9. The fraction of sp³-hybridized carbons (Fsp3) is 0.227. The molecule has 4 aromatic rings. The molecule has 0 atom stereocenters. The third-order valence-corrected chi connectivity index (χ3v) is 5.26. The maximum absolute atomic E-state index is 12.7. The van der Waals surface area contributed by atoms with Gasteiger partial charge in [-0.15, -0.1) is 0 Å². The number of anilines is 4. The number of hydrogen-bond donors (Lipinski definition) is 3. The largest absolute Gasteiger partial charge is 0.493 e. The average molecular weight is 465 g/mol. The van der Waals surface area contributed by atoms with Gasteiger partial charge in [0.2, 0.25) is 0 Å². The number of methoxy groups -OCH3 is 1. The average Bonchev–Trinajstić information content (AvgIpc) is 3.07. The van der Waals surface area contributed by atoms with Crippen molar-refractivity contribution in [1.29, 1.82) is 5.26 Å². The number of nitriles is 1. The molecule has 0 saturated heterocycles. The molecule has 4 rings (SSSR count). The monoisotopic (exact) mass is 464 g/mol. The Balaban J connectivity index is 1.80. The van der Waals surface area contributed by atoms with E-state index in [1.165, 1.54) is 11.8 Å². The maximum Gasteiger partial charge on any atom is 0.277 e. The lowest BCUT2D eigenvalue weighted by atomic mass is 10.1. The van der Waals surface area contributed by atoms with Gasteiger partial charge in [-0.1, -0.05) is 31.5 Å². The Kier molecular flexibility index (Phi) is 5.89. The molecule has 10 nitrogen and oxygen atoms in total. The van der Waals surface area contributed by atoms with Crippen LogP contribution in [0.3, 0.4) is 0 Å². The Bertz CT molecular complexity index is 1450. The Labute approximate surface area is 194 Å². The molecule has 0 fully saturated rings. The van der Waals surface area contributed by atoms with Crippen molar-refractivity contribution in [3.63, 3.8) is 0 Å². The molecule has 1 aromatic carbocycles. The minimum absolute atomic E-state index is 0.0635. The molecular weight excluding hydrogens is 444 g/mol. The van der Waals surface area contributed by atoms with Gasteiger partial charge in [0.25, 0.3) is 5.56 Å². The SMILES string of the molecule is COc1c(Cl)cccc1Nc1cc(Nc2cnc(C(C)C)c(C#N)n2)nc2[nH]n(C)c(=O)c12. The number of nitrogens with zero attached hydrogens (tertiary/aromatic N) is 5. The highest BCUT2D eigenvalue weighted by molar-refractivity contribution is 6.32. The number of halogens is 1. The molecule has 168 valence electrons. The van der Waals surface area contributed by atoms with Crippen LogP contribution in [0.4, 0.5) is 23.0 Å². The number of benzene rings is 1. The van der Waals surface area contributed by atoms with Gasteiger partial charge in [-0.05, 0) is 18.1 Å². The van der Waals surface area contributed by atoms with Crippen LogP contribution in [-0.2, 0) is 7.05 Å². The molecule has 0 aliphatic carbocycles. The summed E-state index contributed by atoms with van der Waals surface area (Å²) < 4.78 is 6.75. The molecule has 33 heavy (non-hydrogen) atoms. The number of para-hydroxylation sites is 1. The first-order valence-corrected chi connectivity index (χ1v) is 10.4. The van der Waals surface area contributed by atoms with Crippen molar-refractivity contribution in [3.05, 3.63) is 57.2 Å². The van der Waals surface area contributed by atoms with Gasteiger partial charge in [-0.3, -0.25) is 19.6 Å². The van der Waals surface area contributed by atoms with E-state index >= 15 is 0 Å². The van der Waals surface area contributed by atoms with Crippen LogP contribution in [-0.4, -0.2) is 31.8 Å². The summed E-state index contributed by atoms with van der Waals surface area (Å²) in [6.07, 6.45) is 1.54. The Morgan fingerprint density at radius 3 is 2.70 bits per heavy atom. The van der Waals surface area contributed by atoms with Crippen molar-refractivity contribution >= 4 is 45.6 Å². The minimum Gasteiger partial charge on any atom is -0.493 e. The summed E-state index contributed by atoms with van der Waals surface area (Å²) in [7, 11) is 3.12. The van der Waals surface area contributed by atoms with Crippen LogP contribution in [0.1, 0.15) is 31.2 Å². The number of ether oxygens (including phenoxy) is 1. The Morgan fingerprint density at radius 2 is 2.00 bits per heavy atom. The normalized spacial score (nSPS) is 10.9. The number of fused-ring (bicyclic) bond motifs is 1. The van der Waals surface area contributed by atoms with Gasteiger partial charge in [-0.25, -0.2) is 9.97 Å². The molecule has 3 N–H and O–H groups in total. The first-order valence-electron chi connectivity index (χ1n) is 10.1. The number of aromatic amines is 1. The second-order valence-corrected chi connectivity index (χ2v) is 7.99. The minimum atomic E-state index is -0.250. The van der Waals surface area contributed by atoms with E-state index < -0.39 is 0 Å². The van der Waals surface area contributed by atoms with Gasteiger partial charge in [0.15, 0.2) is 22.9 Å². The smallest absolute Gasteiger partial charge is 0.277 e. The number of aromatic nitrogens is 5.